The van der Waals surface area contributed by atoms with E-state index in [1.54, 1.807) is 7.11 Å². The van der Waals surface area contributed by atoms with Crippen LogP contribution < -0.4 is 10.1 Å². The number of nitrogens with one attached hydrogen (secondary N) is 1. The molecule has 0 spiro atoms. The molecule has 0 saturated carbocycles. The van der Waals surface area contributed by atoms with Crippen molar-refractivity contribution in [2.24, 2.45) is 7.05 Å². The number of rotatable bonds is 5. The molecule has 108 valence electrons. The summed E-state index contributed by atoms with van der Waals surface area (Å²) < 4.78 is 7.30. The number of fused-ring (bicyclic) bond motifs is 1. The fourth-order valence-corrected chi connectivity index (χ4v) is 2.53. The van der Waals surface area contributed by atoms with Gasteiger partial charge in [0.15, 0.2) is 0 Å². The molecule has 0 amide bonds. The van der Waals surface area contributed by atoms with Crippen LogP contribution in [0, 0.1) is 0 Å². The van der Waals surface area contributed by atoms with Crippen molar-refractivity contribution in [3.05, 3.63) is 60.3 Å². The molecule has 3 heteroatoms. The van der Waals surface area contributed by atoms with Crippen molar-refractivity contribution in [2.45, 2.75) is 6.42 Å². The minimum absolute atomic E-state index is 0.904. The van der Waals surface area contributed by atoms with E-state index in [2.05, 4.69) is 59.5 Å². The maximum atomic E-state index is 5.17. The highest BCUT2D eigenvalue weighted by Crippen LogP contribution is 2.19. The van der Waals surface area contributed by atoms with Crippen molar-refractivity contribution in [2.75, 3.05) is 19.0 Å². The first-order chi connectivity index (χ1) is 10.3. The number of ether oxygens (including phenoxy) is 1. The number of aryl methyl sites for hydroxylation is 1. The second-order valence-corrected chi connectivity index (χ2v) is 5.23. The standard InChI is InChI=1S/C18H20N2O/c1-20-12-10-15-13-16(5-8-18(15)20)19-11-9-14-3-6-17(21-2)7-4-14/h3-8,10,12-13,19H,9,11H2,1-2H3. The quantitative estimate of drug-likeness (QED) is 0.768. The minimum atomic E-state index is 0.904. The van der Waals surface area contributed by atoms with E-state index in [9.17, 15) is 0 Å². The van der Waals surface area contributed by atoms with Crippen LogP contribution in [-0.2, 0) is 13.5 Å². The lowest BCUT2D eigenvalue weighted by atomic mass is 10.1. The van der Waals surface area contributed by atoms with Crippen LogP contribution in [-0.4, -0.2) is 18.2 Å². The zero-order valence-electron chi connectivity index (χ0n) is 12.5. The van der Waals surface area contributed by atoms with Crippen molar-refractivity contribution < 1.29 is 4.74 Å². The summed E-state index contributed by atoms with van der Waals surface area (Å²) in [5.74, 6) is 0.904. The van der Waals surface area contributed by atoms with Gasteiger partial charge in [-0.1, -0.05) is 12.1 Å². The van der Waals surface area contributed by atoms with Crippen molar-refractivity contribution in [3.8, 4) is 5.75 Å². The molecule has 0 bridgehead atoms. The highest BCUT2D eigenvalue weighted by atomic mass is 16.5. The molecular weight excluding hydrogens is 260 g/mol. The normalized spacial score (nSPS) is 10.8. The Hall–Kier alpha value is -2.42. The van der Waals surface area contributed by atoms with Crippen molar-refractivity contribution in [1.29, 1.82) is 0 Å². The van der Waals surface area contributed by atoms with Crippen LogP contribution in [0.2, 0.25) is 0 Å². The van der Waals surface area contributed by atoms with Gasteiger partial charge in [-0.2, -0.15) is 0 Å². The highest BCUT2D eigenvalue weighted by Gasteiger charge is 2.00. The summed E-state index contributed by atoms with van der Waals surface area (Å²) in [6.07, 6.45) is 3.09. The Kier molecular flexibility index (Phi) is 3.82. The van der Waals surface area contributed by atoms with Gasteiger partial charge in [0.05, 0.1) is 7.11 Å². The Morgan fingerprint density at radius 1 is 1.05 bits per heavy atom. The van der Waals surface area contributed by atoms with E-state index in [0.29, 0.717) is 0 Å². The van der Waals surface area contributed by atoms with Gasteiger partial charge in [0.25, 0.3) is 0 Å². The Balaban J connectivity index is 1.60. The van der Waals surface area contributed by atoms with Gasteiger partial charge >= 0.3 is 0 Å². The average molecular weight is 280 g/mol. The SMILES string of the molecule is COc1ccc(CCNc2ccc3c(ccn3C)c2)cc1. The van der Waals surface area contributed by atoms with Gasteiger partial charge < -0.3 is 14.6 Å². The van der Waals surface area contributed by atoms with Gasteiger partial charge in [-0.3, -0.25) is 0 Å². The predicted octanol–water partition coefficient (Wildman–Crippen LogP) is 3.84. The Bertz CT molecular complexity index is 729. The number of aromatic nitrogens is 1. The first-order valence-electron chi connectivity index (χ1n) is 7.18. The minimum Gasteiger partial charge on any atom is -0.497 e. The van der Waals surface area contributed by atoms with E-state index in [-0.39, 0.29) is 0 Å². The van der Waals surface area contributed by atoms with E-state index < -0.39 is 0 Å². The van der Waals surface area contributed by atoms with Gasteiger partial charge in [-0.25, -0.2) is 0 Å². The third-order valence-corrected chi connectivity index (χ3v) is 3.79. The highest BCUT2D eigenvalue weighted by molar-refractivity contribution is 5.83. The summed E-state index contributed by atoms with van der Waals surface area (Å²) in [5.41, 5.74) is 3.74. The fraction of sp³-hybridized carbons (Fsp3) is 0.222. The molecule has 0 unspecified atom stereocenters. The molecule has 1 N–H and O–H groups in total. The number of hydrogen-bond donors (Lipinski definition) is 1. The number of nitrogens with zero attached hydrogens (tertiary/aromatic N) is 1. The third-order valence-electron chi connectivity index (χ3n) is 3.79. The molecule has 2 aromatic carbocycles. The maximum Gasteiger partial charge on any atom is 0.118 e. The summed E-state index contributed by atoms with van der Waals surface area (Å²) in [7, 11) is 3.76. The lowest BCUT2D eigenvalue weighted by Crippen LogP contribution is -2.04. The molecule has 21 heavy (non-hydrogen) atoms. The first kappa shape index (κ1) is 13.6. The zero-order valence-corrected chi connectivity index (χ0v) is 12.5. The first-order valence-corrected chi connectivity index (χ1v) is 7.18. The van der Waals surface area contributed by atoms with Gasteiger partial charge in [0.1, 0.15) is 5.75 Å². The predicted molar refractivity (Wildman–Crippen MR) is 88.1 cm³/mol. The third kappa shape index (κ3) is 3.02. The lowest BCUT2D eigenvalue weighted by molar-refractivity contribution is 0.414. The molecule has 3 nitrogen and oxygen atoms in total. The fourth-order valence-electron chi connectivity index (χ4n) is 2.53. The summed E-state index contributed by atoms with van der Waals surface area (Å²) >= 11 is 0. The Labute approximate surface area is 125 Å². The van der Waals surface area contributed by atoms with E-state index in [4.69, 9.17) is 4.74 Å². The van der Waals surface area contributed by atoms with Gasteiger partial charge in [0, 0.05) is 36.4 Å². The van der Waals surface area contributed by atoms with Crippen LogP contribution in [0.1, 0.15) is 5.56 Å². The number of methoxy groups -OCH3 is 1. The molecule has 1 heterocycles. The number of hydrogen-bond acceptors (Lipinski definition) is 2. The summed E-state index contributed by atoms with van der Waals surface area (Å²) in [6.45, 7) is 0.921. The van der Waals surface area contributed by atoms with Crippen molar-refractivity contribution in [1.82, 2.24) is 4.57 Å². The van der Waals surface area contributed by atoms with Gasteiger partial charge in [-0.05, 0) is 48.4 Å². The van der Waals surface area contributed by atoms with Crippen LogP contribution in [0.25, 0.3) is 10.9 Å². The summed E-state index contributed by atoms with van der Waals surface area (Å²) in [5, 5.41) is 4.75. The van der Waals surface area contributed by atoms with Crippen molar-refractivity contribution >= 4 is 16.6 Å². The molecule has 1 aromatic heterocycles. The molecule has 0 aliphatic heterocycles. The van der Waals surface area contributed by atoms with E-state index >= 15 is 0 Å². The molecule has 0 aliphatic rings. The van der Waals surface area contributed by atoms with Gasteiger partial charge in [0.2, 0.25) is 0 Å². The van der Waals surface area contributed by atoms with Crippen molar-refractivity contribution in [3.63, 3.8) is 0 Å². The average Bonchev–Trinajstić information content (AvgIpc) is 2.89. The maximum absolute atomic E-state index is 5.17. The molecule has 0 fully saturated rings. The summed E-state index contributed by atoms with van der Waals surface area (Å²) in [6, 6.07) is 16.9. The van der Waals surface area contributed by atoms with Gasteiger partial charge in [-0.15, -0.1) is 0 Å². The van der Waals surface area contributed by atoms with E-state index in [0.717, 1.165) is 18.7 Å². The molecular formula is C18H20N2O. The van der Waals surface area contributed by atoms with E-state index in [1.807, 2.05) is 12.1 Å². The molecule has 0 aliphatic carbocycles. The number of anilines is 1. The monoisotopic (exact) mass is 280 g/mol. The van der Waals surface area contributed by atoms with Crippen LogP contribution in [0.3, 0.4) is 0 Å². The van der Waals surface area contributed by atoms with E-state index in [1.165, 1.54) is 22.2 Å². The lowest BCUT2D eigenvalue weighted by Gasteiger charge is -2.08. The largest absolute Gasteiger partial charge is 0.497 e. The molecule has 3 aromatic rings. The molecule has 0 saturated heterocycles. The Morgan fingerprint density at radius 2 is 1.86 bits per heavy atom. The smallest absolute Gasteiger partial charge is 0.118 e. The zero-order chi connectivity index (χ0) is 14.7. The van der Waals surface area contributed by atoms with Crippen LogP contribution in [0.5, 0.6) is 5.75 Å². The molecule has 3 rings (SSSR count). The Morgan fingerprint density at radius 3 is 2.62 bits per heavy atom. The van der Waals surface area contributed by atoms with Crippen LogP contribution in [0.15, 0.2) is 54.7 Å². The molecule has 0 atom stereocenters. The molecule has 0 radical (unpaired) electrons. The van der Waals surface area contributed by atoms with Crippen LogP contribution >= 0.6 is 0 Å². The number of benzene rings is 2. The second kappa shape index (κ2) is 5.92. The van der Waals surface area contributed by atoms with Crippen LogP contribution in [0.4, 0.5) is 5.69 Å². The second-order valence-electron chi connectivity index (χ2n) is 5.23. The topological polar surface area (TPSA) is 26.2 Å². The summed E-state index contributed by atoms with van der Waals surface area (Å²) in [4.78, 5) is 0.